The molecule has 2 unspecified atom stereocenters. The number of methoxy groups -OCH3 is 1. The molecule has 4 heteroatoms. The average Bonchev–Trinajstić information content (AvgIpc) is 2.92. The number of nitrogens with two attached hydrogens (primary N) is 1. The molecular weight excluding hydrogens is 268 g/mol. The number of aryl methyl sites for hydroxylation is 1. The Bertz CT molecular complexity index is 440. The number of nitrogens with zero attached hydrogens (tertiary/aromatic N) is 1. The van der Waals surface area contributed by atoms with Crippen molar-refractivity contribution in [3.63, 3.8) is 0 Å². The van der Waals surface area contributed by atoms with Crippen molar-refractivity contribution in [2.45, 2.75) is 63.4 Å². The lowest BCUT2D eigenvalue weighted by Crippen LogP contribution is -2.19. The van der Waals surface area contributed by atoms with Crippen molar-refractivity contribution in [1.82, 2.24) is 4.98 Å². The van der Waals surface area contributed by atoms with Gasteiger partial charge < -0.3 is 10.5 Å². The summed E-state index contributed by atoms with van der Waals surface area (Å²) in [5.41, 5.74) is 7.20. The smallest absolute Gasteiger partial charge is 0.122 e. The minimum absolute atomic E-state index is 0.212. The van der Waals surface area contributed by atoms with Crippen LogP contribution >= 0.6 is 11.3 Å². The van der Waals surface area contributed by atoms with Gasteiger partial charge in [0.05, 0.1) is 5.69 Å². The summed E-state index contributed by atoms with van der Waals surface area (Å²) in [7, 11) is 1.85. The van der Waals surface area contributed by atoms with Gasteiger partial charge in [0.25, 0.3) is 0 Å². The molecule has 0 aromatic carbocycles. The molecule has 0 amide bonds. The topological polar surface area (TPSA) is 48.1 Å². The quantitative estimate of drug-likeness (QED) is 0.919. The van der Waals surface area contributed by atoms with Gasteiger partial charge in [-0.25, -0.2) is 4.98 Å². The highest BCUT2D eigenvalue weighted by atomic mass is 32.1. The van der Waals surface area contributed by atoms with Gasteiger partial charge in [-0.3, -0.25) is 0 Å². The molecule has 1 aromatic rings. The van der Waals surface area contributed by atoms with Crippen LogP contribution in [0.2, 0.25) is 0 Å². The molecule has 2 N–H and O–H groups in total. The molecule has 1 heterocycles. The van der Waals surface area contributed by atoms with Crippen LogP contribution in [0.3, 0.4) is 0 Å². The van der Waals surface area contributed by atoms with Crippen molar-refractivity contribution in [3.05, 3.63) is 15.6 Å². The van der Waals surface area contributed by atoms with E-state index in [2.05, 4.69) is 0 Å². The van der Waals surface area contributed by atoms with Crippen LogP contribution in [-0.2, 0) is 11.2 Å². The Morgan fingerprint density at radius 1 is 1.25 bits per heavy atom. The number of hydrogen-bond acceptors (Lipinski definition) is 4. The largest absolute Gasteiger partial charge is 0.374 e. The molecule has 2 aliphatic rings. The van der Waals surface area contributed by atoms with E-state index in [9.17, 15) is 0 Å². The van der Waals surface area contributed by atoms with Crippen LogP contribution in [0.5, 0.6) is 0 Å². The van der Waals surface area contributed by atoms with E-state index in [1.54, 1.807) is 0 Å². The van der Waals surface area contributed by atoms with Crippen molar-refractivity contribution in [2.75, 3.05) is 13.7 Å². The van der Waals surface area contributed by atoms with Gasteiger partial charge in [-0.05, 0) is 38.0 Å². The second-order valence-electron chi connectivity index (χ2n) is 6.24. The van der Waals surface area contributed by atoms with E-state index < -0.39 is 0 Å². The molecule has 20 heavy (non-hydrogen) atoms. The lowest BCUT2D eigenvalue weighted by atomic mass is 9.85. The first-order valence-electron chi connectivity index (χ1n) is 8.05. The predicted molar refractivity (Wildman–Crippen MR) is 83.2 cm³/mol. The second kappa shape index (κ2) is 6.54. The monoisotopic (exact) mass is 294 g/mol. The Balaban J connectivity index is 1.83. The number of hydrogen-bond donors (Lipinski definition) is 1. The molecule has 1 fully saturated rings. The maximum absolute atomic E-state index is 5.91. The van der Waals surface area contributed by atoms with Crippen LogP contribution < -0.4 is 5.73 Å². The summed E-state index contributed by atoms with van der Waals surface area (Å²) in [4.78, 5) is 6.43. The van der Waals surface area contributed by atoms with Gasteiger partial charge in [-0.1, -0.05) is 19.3 Å². The Morgan fingerprint density at radius 3 is 2.75 bits per heavy atom. The highest BCUT2D eigenvalue weighted by Gasteiger charge is 2.31. The van der Waals surface area contributed by atoms with Crippen LogP contribution in [-0.4, -0.2) is 18.6 Å². The van der Waals surface area contributed by atoms with E-state index in [0.717, 1.165) is 6.54 Å². The summed E-state index contributed by atoms with van der Waals surface area (Å²) in [5, 5.41) is 1.21. The van der Waals surface area contributed by atoms with Crippen LogP contribution in [0.25, 0.3) is 0 Å². The molecule has 1 aromatic heterocycles. The molecule has 0 radical (unpaired) electrons. The molecule has 0 bridgehead atoms. The molecule has 2 aliphatic carbocycles. The van der Waals surface area contributed by atoms with Crippen molar-refractivity contribution in [2.24, 2.45) is 11.7 Å². The van der Waals surface area contributed by atoms with Gasteiger partial charge in [0.1, 0.15) is 11.1 Å². The van der Waals surface area contributed by atoms with E-state index in [1.807, 2.05) is 18.4 Å². The molecule has 0 aliphatic heterocycles. The fraction of sp³-hybridized carbons (Fsp3) is 0.812. The third-order valence-electron chi connectivity index (χ3n) is 4.95. The fourth-order valence-corrected chi connectivity index (χ4v) is 5.17. The first kappa shape index (κ1) is 14.5. The van der Waals surface area contributed by atoms with Gasteiger partial charge in [0, 0.05) is 24.4 Å². The molecule has 112 valence electrons. The first-order valence-corrected chi connectivity index (χ1v) is 8.87. The predicted octanol–water partition coefficient (Wildman–Crippen LogP) is 3.79. The summed E-state index contributed by atoms with van der Waals surface area (Å²) in [6.07, 6.45) is 10.5. The fourth-order valence-electron chi connectivity index (χ4n) is 3.81. The van der Waals surface area contributed by atoms with Gasteiger partial charge in [-0.2, -0.15) is 0 Å². The summed E-state index contributed by atoms with van der Waals surface area (Å²) in [6.45, 7) is 0.733. The third kappa shape index (κ3) is 2.78. The van der Waals surface area contributed by atoms with E-state index in [-0.39, 0.29) is 6.10 Å². The second-order valence-corrected chi connectivity index (χ2v) is 7.35. The summed E-state index contributed by atoms with van der Waals surface area (Å²) in [5.74, 6) is 1.14. The zero-order valence-electron chi connectivity index (χ0n) is 12.4. The minimum atomic E-state index is 0.212. The van der Waals surface area contributed by atoms with Gasteiger partial charge in [-0.15, -0.1) is 11.3 Å². The SMILES string of the molecule is COC(c1nc2c(s1)CCCC2CN)C1CCCCC1. The van der Waals surface area contributed by atoms with Crippen LogP contribution in [0.4, 0.5) is 0 Å². The molecule has 3 rings (SSSR count). The molecule has 0 saturated heterocycles. The molecule has 3 nitrogen and oxygen atoms in total. The van der Waals surface area contributed by atoms with E-state index in [0.29, 0.717) is 11.8 Å². The Labute approximate surface area is 125 Å². The van der Waals surface area contributed by atoms with Crippen LogP contribution in [0.1, 0.15) is 72.5 Å². The summed E-state index contributed by atoms with van der Waals surface area (Å²) >= 11 is 1.89. The average molecular weight is 294 g/mol. The number of ether oxygens (including phenoxy) is 1. The van der Waals surface area contributed by atoms with Gasteiger partial charge in [0.2, 0.25) is 0 Å². The molecule has 2 atom stereocenters. The highest BCUT2D eigenvalue weighted by molar-refractivity contribution is 7.11. The summed E-state index contributed by atoms with van der Waals surface area (Å²) < 4.78 is 5.84. The van der Waals surface area contributed by atoms with Crippen molar-refractivity contribution in [1.29, 1.82) is 0 Å². The van der Waals surface area contributed by atoms with Gasteiger partial charge >= 0.3 is 0 Å². The maximum atomic E-state index is 5.91. The van der Waals surface area contributed by atoms with Crippen LogP contribution in [0, 0.1) is 5.92 Å². The van der Waals surface area contributed by atoms with Crippen molar-refractivity contribution < 1.29 is 4.74 Å². The zero-order chi connectivity index (χ0) is 13.9. The van der Waals surface area contributed by atoms with Crippen LogP contribution in [0.15, 0.2) is 0 Å². The normalized spacial score (nSPS) is 25.4. The number of rotatable bonds is 4. The highest BCUT2D eigenvalue weighted by Crippen LogP contribution is 2.41. The Kier molecular flexibility index (Phi) is 4.74. The third-order valence-corrected chi connectivity index (χ3v) is 6.14. The van der Waals surface area contributed by atoms with Crippen molar-refractivity contribution in [3.8, 4) is 0 Å². The Hall–Kier alpha value is -0.450. The number of aromatic nitrogens is 1. The Morgan fingerprint density at radius 2 is 2.05 bits per heavy atom. The number of thiazole rings is 1. The lowest BCUT2D eigenvalue weighted by Gasteiger charge is -2.27. The van der Waals surface area contributed by atoms with Crippen molar-refractivity contribution >= 4 is 11.3 Å². The molecule has 0 spiro atoms. The lowest BCUT2D eigenvalue weighted by molar-refractivity contribution is 0.0351. The van der Waals surface area contributed by atoms with E-state index in [4.69, 9.17) is 15.5 Å². The summed E-state index contributed by atoms with van der Waals surface area (Å²) in [6, 6.07) is 0. The standard InChI is InChI=1S/C16H26N2OS/c1-19-15(11-6-3-2-4-7-11)16-18-14-12(10-17)8-5-9-13(14)20-16/h11-12,15H,2-10,17H2,1H3. The first-order chi connectivity index (χ1) is 9.83. The minimum Gasteiger partial charge on any atom is -0.374 e. The molecular formula is C16H26N2OS. The van der Waals surface area contributed by atoms with E-state index in [1.165, 1.54) is 66.9 Å². The van der Waals surface area contributed by atoms with Gasteiger partial charge in [0.15, 0.2) is 0 Å². The maximum Gasteiger partial charge on any atom is 0.122 e. The molecule has 1 saturated carbocycles. The zero-order valence-corrected chi connectivity index (χ0v) is 13.3. The van der Waals surface area contributed by atoms with E-state index >= 15 is 0 Å². The number of fused-ring (bicyclic) bond motifs is 1.